The van der Waals surface area contributed by atoms with Crippen molar-refractivity contribution in [1.82, 2.24) is 4.31 Å². The fourth-order valence-electron chi connectivity index (χ4n) is 4.42. The van der Waals surface area contributed by atoms with Gasteiger partial charge >= 0.3 is 0 Å². The number of hydrogen-bond donors (Lipinski definition) is 1. The molecule has 7 nitrogen and oxygen atoms in total. The lowest BCUT2D eigenvalue weighted by Gasteiger charge is -2.26. The normalized spacial score (nSPS) is 17.3. The van der Waals surface area contributed by atoms with E-state index in [0.29, 0.717) is 36.9 Å². The first kappa shape index (κ1) is 23.6. The van der Waals surface area contributed by atoms with Crippen LogP contribution < -0.4 is 14.8 Å². The van der Waals surface area contributed by atoms with E-state index < -0.39 is 16.1 Å². The number of nitrogens with one attached hydrogen (secondary N) is 1. The zero-order valence-electron chi connectivity index (χ0n) is 19.3. The highest BCUT2D eigenvalue weighted by Crippen LogP contribution is 2.31. The van der Waals surface area contributed by atoms with E-state index >= 15 is 0 Å². The second kappa shape index (κ2) is 10.1. The van der Waals surface area contributed by atoms with Crippen LogP contribution in [0.5, 0.6) is 11.5 Å². The molecule has 1 amide bonds. The van der Waals surface area contributed by atoms with Gasteiger partial charge in [-0.2, -0.15) is 4.31 Å². The zero-order valence-corrected chi connectivity index (χ0v) is 20.1. The first-order valence-electron chi connectivity index (χ1n) is 11.7. The molecule has 2 aromatic carbocycles. The maximum Gasteiger partial charge on any atom is 0.265 e. The molecule has 4 rings (SSSR count). The number of nitrogens with zero attached hydrogens (tertiary/aromatic N) is 1. The molecule has 1 aliphatic carbocycles. The van der Waals surface area contributed by atoms with Crippen LogP contribution in [-0.2, 0) is 27.7 Å². The largest absolute Gasteiger partial charge is 0.492 e. The predicted molar refractivity (Wildman–Crippen MR) is 127 cm³/mol. The summed E-state index contributed by atoms with van der Waals surface area (Å²) in [5.41, 5.74) is 2.94. The van der Waals surface area contributed by atoms with Gasteiger partial charge in [-0.15, -0.1) is 0 Å². The van der Waals surface area contributed by atoms with Gasteiger partial charge in [0.2, 0.25) is 10.0 Å². The highest BCUT2D eigenvalue weighted by atomic mass is 32.2. The van der Waals surface area contributed by atoms with Crippen LogP contribution in [0.2, 0.25) is 0 Å². The molecule has 0 spiro atoms. The second-order valence-corrected chi connectivity index (χ2v) is 10.5. The quantitative estimate of drug-likeness (QED) is 0.624. The van der Waals surface area contributed by atoms with E-state index in [-0.39, 0.29) is 10.8 Å². The van der Waals surface area contributed by atoms with E-state index in [1.165, 1.54) is 27.6 Å². The van der Waals surface area contributed by atoms with Crippen molar-refractivity contribution in [2.24, 2.45) is 0 Å². The molecular weight excluding hydrogens is 440 g/mol. The molecule has 0 bridgehead atoms. The number of hydrogen-bond acceptors (Lipinski definition) is 5. The van der Waals surface area contributed by atoms with Crippen LogP contribution in [0.25, 0.3) is 0 Å². The van der Waals surface area contributed by atoms with Gasteiger partial charge in [0, 0.05) is 13.1 Å². The molecule has 1 heterocycles. The first-order valence-corrected chi connectivity index (χ1v) is 13.2. The molecule has 1 fully saturated rings. The van der Waals surface area contributed by atoms with Gasteiger partial charge in [-0.25, -0.2) is 8.42 Å². The number of sulfonamides is 1. The van der Waals surface area contributed by atoms with E-state index in [2.05, 4.69) is 11.4 Å². The Bertz CT molecular complexity index is 1110. The number of carbonyl (C=O) groups excluding carboxylic acids is 1. The lowest BCUT2D eigenvalue weighted by atomic mass is 10.1. The van der Waals surface area contributed by atoms with Crippen LogP contribution in [0.1, 0.15) is 50.7 Å². The molecule has 2 aromatic rings. The molecule has 1 atom stereocenters. The number of ether oxygens (including phenoxy) is 2. The average Bonchev–Trinajstić information content (AvgIpc) is 3.28. The van der Waals surface area contributed by atoms with Crippen LogP contribution >= 0.6 is 0 Å². The number of amides is 1. The molecule has 178 valence electrons. The van der Waals surface area contributed by atoms with Gasteiger partial charge in [0.05, 0.1) is 17.2 Å². The van der Waals surface area contributed by atoms with Crippen LogP contribution in [0.4, 0.5) is 5.69 Å². The average molecular weight is 473 g/mol. The van der Waals surface area contributed by atoms with Gasteiger partial charge in [-0.1, -0.05) is 12.5 Å². The summed E-state index contributed by atoms with van der Waals surface area (Å²) in [4.78, 5) is 13.1. The standard InChI is InChI=1S/C25H32N2O5S/c1-3-31-24-13-12-22(33(29,30)27-14-5-4-6-15-27)17-23(24)26-25(28)18(2)32-21-11-10-19-8-7-9-20(19)16-21/h10-13,16-18H,3-9,14-15H2,1-2H3,(H,26,28). The number of aryl methyl sites for hydroxylation is 2. The van der Waals surface area contributed by atoms with Gasteiger partial charge in [-0.3, -0.25) is 4.79 Å². The van der Waals surface area contributed by atoms with Crippen molar-refractivity contribution < 1.29 is 22.7 Å². The third kappa shape index (κ3) is 5.33. The van der Waals surface area contributed by atoms with E-state index in [4.69, 9.17) is 9.47 Å². The molecule has 8 heteroatoms. The van der Waals surface area contributed by atoms with Crippen molar-refractivity contribution in [3.05, 3.63) is 47.5 Å². The minimum atomic E-state index is -3.63. The number of benzene rings is 2. The lowest BCUT2D eigenvalue weighted by molar-refractivity contribution is -0.122. The highest BCUT2D eigenvalue weighted by Gasteiger charge is 2.27. The van der Waals surface area contributed by atoms with Gasteiger partial charge in [0.1, 0.15) is 11.5 Å². The molecule has 1 unspecified atom stereocenters. The third-order valence-electron chi connectivity index (χ3n) is 6.21. The molecular formula is C25H32N2O5S. The van der Waals surface area contributed by atoms with Crippen LogP contribution in [0.15, 0.2) is 41.3 Å². The molecule has 33 heavy (non-hydrogen) atoms. The lowest BCUT2D eigenvalue weighted by Crippen LogP contribution is -2.35. The maximum atomic E-state index is 13.1. The Labute approximate surface area is 196 Å². The molecule has 1 saturated heterocycles. The summed E-state index contributed by atoms with van der Waals surface area (Å²) >= 11 is 0. The Morgan fingerprint density at radius 2 is 1.79 bits per heavy atom. The summed E-state index contributed by atoms with van der Waals surface area (Å²) in [6, 6.07) is 10.6. The Morgan fingerprint density at radius 1 is 1.03 bits per heavy atom. The number of rotatable bonds is 8. The van der Waals surface area contributed by atoms with Crippen LogP contribution in [0.3, 0.4) is 0 Å². The van der Waals surface area contributed by atoms with Gasteiger partial charge in [0.25, 0.3) is 5.91 Å². The minimum absolute atomic E-state index is 0.148. The monoisotopic (exact) mass is 472 g/mol. The number of fused-ring (bicyclic) bond motifs is 1. The summed E-state index contributed by atoms with van der Waals surface area (Å²) in [6.45, 7) is 4.94. The Balaban J connectivity index is 1.51. The minimum Gasteiger partial charge on any atom is -0.492 e. The molecule has 2 aliphatic rings. The van der Waals surface area contributed by atoms with E-state index in [1.54, 1.807) is 13.0 Å². The number of carbonyl (C=O) groups is 1. The molecule has 0 saturated carbocycles. The zero-order chi connectivity index (χ0) is 23.4. The molecule has 0 radical (unpaired) electrons. The Kier molecular flexibility index (Phi) is 7.24. The smallest absolute Gasteiger partial charge is 0.265 e. The van der Waals surface area contributed by atoms with Crippen molar-refractivity contribution in [1.29, 1.82) is 0 Å². The molecule has 1 N–H and O–H groups in total. The maximum absolute atomic E-state index is 13.1. The van der Waals surface area contributed by atoms with Gasteiger partial charge in [0.15, 0.2) is 6.10 Å². The van der Waals surface area contributed by atoms with Crippen LogP contribution in [0, 0.1) is 0 Å². The summed E-state index contributed by atoms with van der Waals surface area (Å²) in [7, 11) is -3.63. The fraction of sp³-hybridized carbons (Fsp3) is 0.480. The van der Waals surface area contributed by atoms with Gasteiger partial charge < -0.3 is 14.8 Å². The topological polar surface area (TPSA) is 84.9 Å². The predicted octanol–water partition coefficient (Wildman–Crippen LogP) is 4.15. The molecule has 1 aliphatic heterocycles. The summed E-state index contributed by atoms with van der Waals surface area (Å²) in [6.07, 6.45) is 5.26. The van der Waals surface area contributed by atoms with E-state index in [1.807, 2.05) is 19.1 Å². The SMILES string of the molecule is CCOc1ccc(S(=O)(=O)N2CCCCC2)cc1NC(=O)C(C)Oc1ccc2c(c1)CCC2. The summed E-state index contributed by atoms with van der Waals surface area (Å²) in [5.74, 6) is 0.710. The van der Waals surface area contributed by atoms with Crippen molar-refractivity contribution in [3.8, 4) is 11.5 Å². The van der Waals surface area contributed by atoms with Crippen LogP contribution in [-0.4, -0.2) is 44.4 Å². The number of anilines is 1. The van der Waals surface area contributed by atoms with Crippen molar-refractivity contribution in [2.45, 2.75) is 63.4 Å². The molecule has 0 aromatic heterocycles. The van der Waals surface area contributed by atoms with E-state index in [0.717, 1.165) is 38.5 Å². The summed E-state index contributed by atoms with van der Waals surface area (Å²) in [5, 5.41) is 2.81. The van der Waals surface area contributed by atoms with Crippen molar-refractivity contribution in [3.63, 3.8) is 0 Å². The third-order valence-corrected chi connectivity index (χ3v) is 8.11. The van der Waals surface area contributed by atoms with Crippen molar-refractivity contribution >= 4 is 21.6 Å². The number of piperidine rings is 1. The highest BCUT2D eigenvalue weighted by molar-refractivity contribution is 7.89. The van der Waals surface area contributed by atoms with Gasteiger partial charge in [-0.05, 0) is 87.4 Å². The Morgan fingerprint density at radius 3 is 2.55 bits per heavy atom. The fourth-order valence-corrected chi connectivity index (χ4v) is 5.96. The Hall–Kier alpha value is -2.58. The second-order valence-electron chi connectivity index (χ2n) is 8.59. The first-order chi connectivity index (χ1) is 15.9. The van der Waals surface area contributed by atoms with E-state index in [9.17, 15) is 13.2 Å². The summed E-state index contributed by atoms with van der Waals surface area (Å²) < 4.78 is 39.3. The van der Waals surface area contributed by atoms with Crippen molar-refractivity contribution in [2.75, 3.05) is 25.0 Å².